The van der Waals surface area contributed by atoms with E-state index in [2.05, 4.69) is 15.4 Å². The molecule has 0 radical (unpaired) electrons. The van der Waals surface area contributed by atoms with Crippen LogP contribution in [0, 0.1) is 0 Å². The van der Waals surface area contributed by atoms with Crippen LogP contribution in [0.3, 0.4) is 0 Å². The van der Waals surface area contributed by atoms with Crippen molar-refractivity contribution in [2.75, 3.05) is 5.32 Å². The molecule has 0 fully saturated rings. The average molecular weight is 258 g/mol. The number of aromatic nitrogens is 3. The Hall–Kier alpha value is -2.21. The molecule has 1 aromatic carbocycles. The zero-order valence-electron chi connectivity index (χ0n) is 9.62. The lowest BCUT2D eigenvalue weighted by Crippen LogP contribution is -2.12. The van der Waals surface area contributed by atoms with Gasteiger partial charge in [-0.1, -0.05) is 0 Å². The largest absolute Gasteiger partial charge is 0.321 e. The highest BCUT2D eigenvalue weighted by Gasteiger charge is 2.08. The Morgan fingerprint density at radius 1 is 1.44 bits per heavy atom. The summed E-state index contributed by atoms with van der Waals surface area (Å²) < 4.78 is 1.77. The predicted octanol–water partition coefficient (Wildman–Crippen LogP) is 2.28. The smallest absolute Gasteiger partial charge is 0.275 e. The summed E-state index contributed by atoms with van der Waals surface area (Å²) in [5, 5.41) is 9.74. The summed E-state index contributed by atoms with van der Waals surface area (Å²) in [6.07, 6.45) is 1.79. The molecular formula is C12H10N4OS. The normalized spacial score (nSPS) is 10.7. The fourth-order valence-corrected chi connectivity index (χ4v) is 2.27. The number of carbonyl (C=O) groups excluding carboxylic acids is 1. The van der Waals surface area contributed by atoms with Crippen molar-refractivity contribution < 1.29 is 4.79 Å². The third kappa shape index (κ3) is 1.86. The van der Waals surface area contributed by atoms with Crippen LogP contribution in [-0.2, 0) is 7.05 Å². The molecule has 0 bridgehead atoms. The van der Waals surface area contributed by atoms with Gasteiger partial charge in [0.15, 0.2) is 0 Å². The third-order valence-electron chi connectivity index (χ3n) is 2.67. The molecule has 2 heterocycles. The lowest BCUT2D eigenvalue weighted by molar-refractivity contribution is 0.102. The minimum atomic E-state index is -0.197. The van der Waals surface area contributed by atoms with E-state index in [1.165, 1.54) is 11.3 Å². The Bertz CT molecular complexity index is 702. The van der Waals surface area contributed by atoms with Crippen molar-refractivity contribution >= 4 is 33.8 Å². The zero-order chi connectivity index (χ0) is 12.5. The second-order valence-corrected chi connectivity index (χ2v) is 4.59. The molecule has 1 amide bonds. The molecule has 3 aromatic rings. The van der Waals surface area contributed by atoms with E-state index in [9.17, 15) is 4.79 Å². The second kappa shape index (κ2) is 4.23. The molecule has 6 heteroatoms. The van der Waals surface area contributed by atoms with Gasteiger partial charge in [-0.2, -0.15) is 5.10 Å². The zero-order valence-corrected chi connectivity index (χ0v) is 10.4. The number of aryl methyl sites for hydroxylation is 1. The van der Waals surface area contributed by atoms with Gasteiger partial charge in [-0.15, -0.1) is 11.3 Å². The maximum Gasteiger partial charge on any atom is 0.275 e. The summed E-state index contributed by atoms with van der Waals surface area (Å²) in [6.45, 7) is 0. The van der Waals surface area contributed by atoms with Gasteiger partial charge < -0.3 is 5.32 Å². The topological polar surface area (TPSA) is 59.8 Å². The first-order valence-corrected chi connectivity index (χ1v) is 6.29. The maximum atomic E-state index is 11.8. The van der Waals surface area contributed by atoms with Crippen molar-refractivity contribution in [2.24, 2.45) is 7.05 Å². The van der Waals surface area contributed by atoms with Crippen LogP contribution < -0.4 is 5.32 Å². The first kappa shape index (κ1) is 10.9. The molecule has 0 spiro atoms. The van der Waals surface area contributed by atoms with Crippen molar-refractivity contribution in [3.63, 3.8) is 0 Å². The van der Waals surface area contributed by atoms with Gasteiger partial charge in [0.05, 0.1) is 17.2 Å². The van der Waals surface area contributed by atoms with E-state index in [0.717, 1.165) is 16.6 Å². The molecule has 0 saturated carbocycles. The highest BCUT2D eigenvalue weighted by molar-refractivity contribution is 7.07. The van der Waals surface area contributed by atoms with Crippen LogP contribution in [0.25, 0.3) is 10.9 Å². The van der Waals surface area contributed by atoms with E-state index in [-0.39, 0.29) is 5.91 Å². The summed E-state index contributed by atoms with van der Waals surface area (Å²) in [5.74, 6) is -0.197. The van der Waals surface area contributed by atoms with Crippen molar-refractivity contribution in [3.05, 3.63) is 41.0 Å². The molecular weight excluding hydrogens is 248 g/mol. The number of nitrogens with zero attached hydrogens (tertiary/aromatic N) is 3. The Morgan fingerprint density at radius 2 is 2.33 bits per heavy atom. The van der Waals surface area contributed by atoms with E-state index in [1.54, 1.807) is 21.8 Å². The fraction of sp³-hybridized carbons (Fsp3) is 0.0833. The number of hydrogen-bond acceptors (Lipinski definition) is 4. The van der Waals surface area contributed by atoms with Crippen LogP contribution in [0.5, 0.6) is 0 Å². The Morgan fingerprint density at radius 3 is 3.11 bits per heavy atom. The third-order valence-corrected chi connectivity index (χ3v) is 3.26. The Balaban J connectivity index is 1.91. The molecule has 0 aliphatic carbocycles. The van der Waals surface area contributed by atoms with Gasteiger partial charge in [-0.25, -0.2) is 4.98 Å². The number of thiazole rings is 1. The molecule has 3 rings (SSSR count). The first-order chi connectivity index (χ1) is 8.74. The van der Waals surface area contributed by atoms with Crippen LogP contribution in [0.4, 0.5) is 5.69 Å². The number of hydrogen-bond donors (Lipinski definition) is 1. The number of benzene rings is 1. The summed E-state index contributed by atoms with van der Waals surface area (Å²) >= 11 is 1.40. The van der Waals surface area contributed by atoms with Gasteiger partial charge in [0, 0.05) is 23.5 Å². The standard InChI is InChI=1S/C12H10N4OS/c1-16-11-4-9(3-2-8(11)5-14-16)15-12(17)10-6-18-7-13-10/h2-7H,1H3,(H,15,17). The summed E-state index contributed by atoms with van der Waals surface area (Å²) in [6, 6.07) is 5.68. The van der Waals surface area contributed by atoms with Gasteiger partial charge >= 0.3 is 0 Å². The molecule has 0 saturated heterocycles. The molecule has 0 aliphatic rings. The van der Waals surface area contributed by atoms with Gasteiger partial charge in [0.1, 0.15) is 5.69 Å². The van der Waals surface area contributed by atoms with Gasteiger partial charge in [0.2, 0.25) is 0 Å². The number of anilines is 1. The van der Waals surface area contributed by atoms with Crippen molar-refractivity contribution in [1.29, 1.82) is 0 Å². The average Bonchev–Trinajstić information content (AvgIpc) is 3.00. The number of amides is 1. The van der Waals surface area contributed by atoms with E-state index < -0.39 is 0 Å². The first-order valence-electron chi connectivity index (χ1n) is 5.35. The minimum Gasteiger partial charge on any atom is -0.321 e. The molecule has 5 nitrogen and oxygen atoms in total. The predicted molar refractivity (Wildman–Crippen MR) is 70.8 cm³/mol. The number of carbonyl (C=O) groups is 1. The van der Waals surface area contributed by atoms with Gasteiger partial charge in [0.25, 0.3) is 5.91 Å². The van der Waals surface area contributed by atoms with E-state index in [4.69, 9.17) is 0 Å². The lowest BCUT2D eigenvalue weighted by atomic mass is 10.2. The molecule has 0 atom stereocenters. The maximum absolute atomic E-state index is 11.8. The number of nitrogens with one attached hydrogen (secondary N) is 1. The van der Waals surface area contributed by atoms with Gasteiger partial charge in [-0.05, 0) is 18.2 Å². The second-order valence-electron chi connectivity index (χ2n) is 3.87. The summed E-state index contributed by atoms with van der Waals surface area (Å²) in [4.78, 5) is 15.8. The van der Waals surface area contributed by atoms with E-state index >= 15 is 0 Å². The minimum absolute atomic E-state index is 0.197. The molecule has 0 unspecified atom stereocenters. The summed E-state index contributed by atoms with van der Waals surface area (Å²) in [7, 11) is 1.87. The molecule has 1 N–H and O–H groups in total. The summed E-state index contributed by atoms with van der Waals surface area (Å²) in [5.41, 5.74) is 3.79. The van der Waals surface area contributed by atoms with Crippen molar-refractivity contribution in [1.82, 2.24) is 14.8 Å². The molecule has 2 aromatic heterocycles. The Labute approximate surface area is 107 Å². The van der Waals surface area contributed by atoms with E-state index in [1.807, 2.05) is 25.2 Å². The van der Waals surface area contributed by atoms with Crippen LogP contribution >= 0.6 is 11.3 Å². The Kier molecular flexibility index (Phi) is 2.56. The lowest BCUT2D eigenvalue weighted by Gasteiger charge is -2.03. The van der Waals surface area contributed by atoms with Crippen molar-refractivity contribution in [3.8, 4) is 0 Å². The monoisotopic (exact) mass is 258 g/mol. The molecule has 90 valence electrons. The fourth-order valence-electron chi connectivity index (χ4n) is 1.74. The molecule has 0 aliphatic heterocycles. The van der Waals surface area contributed by atoms with Crippen LogP contribution in [0.15, 0.2) is 35.3 Å². The number of fused-ring (bicyclic) bond motifs is 1. The quantitative estimate of drug-likeness (QED) is 0.767. The van der Waals surface area contributed by atoms with E-state index in [0.29, 0.717) is 5.69 Å². The van der Waals surface area contributed by atoms with Crippen LogP contribution in [0.1, 0.15) is 10.5 Å². The number of rotatable bonds is 2. The van der Waals surface area contributed by atoms with Crippen molar-refractivity contribution in [2.45, 2.75) is 0 Å². The highest BCUT2D eigenvalue weighted by Crippen LogP contribution is 2.18. The highest BCUT2D eigenvalue weighted by atomic mass is 32.1. The SMILES string of the molecule is Cn1ncc2ccc(NC(=O)c3cscn3)cc21. The van der Waals surface area contributed by atoms with Crippen LogP contribution in [-0.4, -0.2) is 20.7 Å². The van der Waals surface area contributed by atoms with Crippen LogP contribution in [0.2, 0.25) is 0 Å². The molecule has 18 heavy (non-hydrogen) atoms. The van der Waals surface area contributed by atoms with Gasteiger partial charge in [-0.3, -0.25) is 9.48 Å².